The molecule has 2 aromatic carbocycles. The van der Waals surface area contributed by atoms with E-state index in [1.165, 1.54) is 0 Å². The molecule has 26 heavy (non-hydrogen) atoms. The first-order valence-corrected chi connectivity index (χ1v) is 8.06. The van der Waals surface area contributed by atoms with E-state index >= 15 is 0 Å². The first-order valence-electron chi connectivity index (χ1n) is 8.06. The van der Waals surface area contributed by atoms with E-state index in [2.05, 4.69) is 15.5 Å². The molecule has 0 radical (unpaired) electrons. The standard InChI is InChI=1S/C20H17N5O/c1-25(14-15-7-3-2-4-8-15)19-12-11-18(23-24-19)20(26)22-17-10-6-5-9-16(17)13-21/h2-12H,14H2,1H3,(H,22,26). The van der Waals surface area contributed by atoms with Crippen molar-refractivity contribution < 1.29 is 4.79 Å². The van der Waals surface area contributed by atoms with E-state index < -0.39 is 5.91 Å². The zero-order chi connectivity index (χ0) is 18.4. The zero-order valence-electron chi connectivity index (χ0n) is 14.3. The lowest BCUT2D eigenvalue weighted by Crippen LogP contribution is -2.20. The van der Waals surface area contributed by atoms with Gasteiger partial charge in [-0.2, -0.15) is 5.26 Å². The van der Waals surface area contributed by atoms with Crippen LogP contribution in [0.4, 0.5) is 11.5 Å². The molecule has 6 heteroatoms. The Kier molecular flexibility index (Phi) is 5.20. The Morgan fingerprint density at radius 3 is 2.46 bits per heavy atom. The van der Waals surface area contributed by atoms with Crippen molar-refractivity contribution in [3.63, 3.8) is 0 Å². The minimum Gasteiger partial charge on any atom is -0.354 e. The minimum atomic E-state index is -0.405. The van der Waals surface area contributed by atoms with E-state index in [1.807, 2.05) is 48.3 Å². The van der Waals surface area contributed by atoms with Crippen molar-refractivity contribution in [2.75, 3.05) is 17.3 Å². The molecule has 3 aromatic rings. The highest BCUT2D eigenvalue weighted by Gasteiger charge is 2.12. The number of carbonyl (C=O) groups is 1. The summed E-state index contributed by atoms with van der Waals surface area (Å²) in [5.41, 5.74) is 2.20. The maximum absolute atomic E-state index is 12.3. The van der Waals surface area contributed by atoms with Crippen molar-refractivity contribution >= 4 is 17.4 Å². The summed E-state index contributed by atoms with van der Waals surface area (Å²) in [7, 11) is 1.92. The number of aromatic nitrogens is 2. The van der Waals surface area contributed by atoms with Crippen LogP contribution in [0.5, 0.6) is 0 Å². The number of carbonyl (C=O) groups excluding carboxylic acids is 1. The van der Waals surface area contributed by atoms with E-state index in [0.717, 1.165) is 5.56 Å². The number of nitrogens with one attached hydrogen (secondary N) is 1. The molecule has 0 unspecified atom stereocenters. The second-order valence-electron chi connectivity index (χ2n) is 5.73. The Morgan fingerprint density at radius 1 is 1.04 bits per heavy atom. The smallest absolute Gasteiger partial charge is 0.276 e. The minimum absolute atomic E-state index is 0.189. The first-order chi connectivity index (χ1) is 12.7. The van der Waals surface area contributed by atoms with Gasteiger partial charge in [0, 0.05) is 13.6 Å². The van der Waals surface area contributed by atoms with Gasteiger partial charge in [0.25, 0.3) is 5.91 Å². The Hall–Kier alpha value is -3.72. The predicted octanol–water partition coefficient (Wildman–Crippen LogP) is 3.24. The zero-order valence-corrected chi connectivity index (χ0v) is 14.3. The molecule has 0 aliphatic rings. The molecule has 3 rings (SSSR count). The topological polar surface area (TPSA) is 81.9 Å². The van der Waals surface area contributed by atoms with Crippen LogP contribution in [0, 0.1) is 11.3 Å². The van der Waals surface area contributed by atoms with Gasteiger partial charge in [0.05, 0.1) is 11.3 Å². The Balaban J connectivity index is 1.69. The van der Waals surface area contributed by atoms with Crippen molar-refractivity contribution in [1.29, 1.82) is 5.26 Å². The maximum atomic E-state index is 12.3. The number of hydrogen-bond acceptors (Lipinski definition) is 5. The van der Waals surface area contributed by atoms with E-state index in [9.17, 15) is 4.79 Å². The number of para-hydroxylation sites is 1. The highest BCUT2D eigenvalue weighted by atomic mass is 16.1. The molecule has 1 N–H and O–H groups in total. The summed E-state index contributed by atoms with van der Waals surface area (Å²) in [6.07, 6.45) is 0. The third kappa shape index (κ3) is 4.02. The second kappa shape index (κ2) is 7.90. The fourth-order valence-corrected chi connectivity index (χ4v) is 2.46. The van der Waals surface area contributed by atoms with Crippen molar-refractivity contribution in [3.05, 3.63) is 83.6 Å². The molecule has 128 valence electrons. The molecule has 0 saturated heterocycles. The van der Waals surface area contributed by atoms with E-state index in [0.29, 0.717) is 23.6 Å². The second-order valence-corrected chi connectivity index (χ2v) is 5.73. The van der Waals surface area contributed by atoms with Gasteiger partial charge in [-0.3, -0.25) is 4.79 Å². The summed E-state index contributed by atoms with van der Waals surface area (Å²) < 4.78 is 0. The van der Waals surface area contributed by atoms with Crippen molar-refractivity contribution in [1.82, 2.24) is 10.2 Å². The lowest BCUT2D eigenvalue weighted by molar-refractivity contribution is 0.102. The lowest BCUT2D eigenvalue weighted by Gasteiger charge is -2.17. The van der Waals surface area contributed by atoms with Crippen LogP contribution in [-0.4, -0.2) is 23.2 Å². The average Bonchev–Trinajstić information content (AvgIpc) is 2.69. The van der Waals surface area contributed by atoms with Gasteiger partial charge in [0.1, 0.15) is 6.07 Å². The largest absolute Gasteiger partial charge is 0.354 e. The van der Waals surface area contributed by atoms with Crippen LogP contribution in [0.2, 0.25) is 0 Å². The number of nitriles is 1. The molecule has 0 saturated carbocycles. The van der Waals surface area contributed by atoms with Crippen LogP contribution >= 0.6 is 0 Å². The highest BCUT2D eigenvalue weighted by Crippen LogP contribution is 2.16. The van der Waals surface area contributed by atoms with Crippen molar-refractivity contribution in [3.8, 4) is 6.07 Å². The Morgan fingerprint density at radius 2 is 1.77 bits per heavy atom. The molecule has 0 spiro atoms. The molecule has 0 fully saturated rings. The summed E-state index contributed by atoms with van der Waals surface area (Å²) in [4.78, 5) is 14.3. The normalized spacial score (nSPS) is 10.0. The highest BCUT2D eigenvalue weighted by molar-refractivity contribution is 6.03. The maximum Gasteiger partial charge on any atom is 0.276 e. The molecule has 6 nitrogen and oxygen atoms in total. The van der Waals surface area contributed by atoms with Gasteiger partial charge in [-0.1, -0.05) is 42.5 Å². The Labute approximate surface area is 151 Å². The third-order valence-corrected chi connectivity index (χ3v) is 3.83. The molecule has 1 aromatic heterocycles. The van der Waals surface area contributed by atoms with Gasteiger partial charge in [-0.05, 0) is 29.8 Å². The summed E-state index contributed by atoms with van der Waals surface area (Å²) in [5.74, 6) is 0.264. The Bertz CT molecular complexity index is 932. The number of anilines is 2. The fourth-order valence-electron chi connectivity index (χ4n) is 2.46. The van der Waals surface area contributed by atoms with Crippen LogP contribution in [0.15, 0.2) is 66.7 Å². The van der Waals surface area contributed by atoms with E-state index in [1.54, 1.807) is 36.4 Å². The van der Waals surface area contributed by atoms with Gasteiger partial charge in [-0.15, -0.1) is 10.2 Å². The van der Waals surface area contributed by atoms with Gasteiger partial charge in [0.15, 0.2) is 11.5 Å². The summed E-state index contributed by atoms with van der Waals surface area (Å²) in [5, 5.41) is 19.9. The quantitative estimate of drug-likeness (QED) is 0.769. The molecule has 0 atom stereocenters. The SMILES string of the molecule is CN(Cc1ccccc1)c1ccc(C(=O)Nc2ccccc2C#N)nn1. The molecular formula is C20H17N5O. The first kappa shape index (κ1) is 17.1. The van der Waals surface area contributed by atoms with Crippen molar-refractivity contribution in [2.24, 2.45) is 0 Å². The summed E-state index contributed by atoms with van der Waals surface area (Å²) in [6.45, 7) is 0.691. The number of amides is 1. The fraction of sp³-hybridized carbons (Fsp3) is 0.100. The van der Waals surface area contributed by atoms with E-state index in [4.69, 9.17) is 5.26 Å². The van der Waals surface area contributed by atoms with Crippen molar-refractivity contribution in [2.45, 2.75) is 6.54 Å². The predicted molar refractivity (Wildman–Crippen MR) is 99.7 cm³/mol. The molecular weight excluding hydrogens is 326 g/mol. The number of rotatable bonds is 5. The van der Waals surface area contributed by atoms with Crippen LogP contribution in [0.3, 0.4) is 0 Å². The molecule has 0 bridgehead atoms. The molecule has 0 aliphatic carbocycles. The van der Waals surface area contributed by atoms with E-state index in [-0.39, 0.29) is 5.69 Å². The van der Waals surface area contributed by atoms with Gasteiger partial charge in [-0.25, -0.2) is 0 Å². The number of nitrogens with zero attached hydrogens (tertiary/aromatic N) is 4. The lowest BCUT2D eigenvalue weighted by atomic mass is 10.2. The number of benzene rings is 2. The summed E-state index contributed by atoms with van der Waals surface area (Å²) >= 11 is 0. The average molecular weight is 343 g/mol. The van der Waals surface area contributed by atoms with Gasteiger partial charge < -0.3 is 10.2 Å². The van der Waals surface area contributed by atoms with Gasteiger partial charge in [0.2, 0.25) is 0 Å². The molecule has 1 heterocycles. The van der Waals surface area contributed by atoms with Crippen LogP contribution in [0.25, 0.3) is 0 Å². The monoisotopic (exact) mass is 343 g/mol. The number of hydrogen-bond donors (Lipinski definition) is 1. The molecule has 0 aliphatic heterocycles. The van der Waals surface area contributed by atoms with Crippen LogP contribution in [0.1, 0.15) is 21.6 Å². The summed E-state index contributed by atoms with van der Waals surface area (Å²) in [6, 6.07) is 22.3. The molecule has 1 amide bonds. The third-order valence-electron chi connectivity index (χ3n) is 3.83. The van der Waals surface area contributed by atoms with Gasteiger partial charge >= 0.3 is 0 Å². The van der Waals surface area contributed by atoms with Crippen LogP contribution in [-0.2, 0) is 6.54 Å². The van der Waals surface area contributed by atoms with Crippen LogP contribution < -0.4 is 10.2 Å².